The van der Waals surface area contributed by atoms with E-state index in [9.17, 15) is 4.79 Å². The van der Waals surface area contributed by atoms with E-state index in [1.54, 1.807) is 12.1 Å². The van der Waals surface area contributed by atoms with Crippen LogP contribution in [0.1, 0.15) is 11.1 Å². The highest BCUT2D eigenvalue weighted by Gasteiger charge is 2.07. The van der Waals surface area contributed by atoms with Gasteiger partial charge in [-0.2, -0.15) is 5.26 Å². The molecule has 0 fully saturated rings. The Kier molecular flexibility index (Phi) is 2.86. The Morgan fingerprint density at radius 1 is 1.32 bits per heavy atom. The van der Waals surface area contributed by atoms with Gasteiger partial charge in [-0.25, -0.2) is 4.98 Å². The number of rotatable bonds is 2. The molecular weight excluding hydrogens is 258 g/mol. The van der Waals surface area contributed by atoms with Gasteiger partial charge in [0.1, 0.15) is 4.83 Å². The largest absolute Gasteiger partial charge is 0.294 e. The predicted octanol–water partition coefficient (Wildman–Crippen LogP) is 2.38. The molecule has 0 unspecified atom stereocenters. The molecule has 5 heteroatoms. The Morgan fingerprint density at radius 3 is 3.00 bits per heavy atom. The zero-order valence-electron chi connectivity index (χ0n) is 9.91. The van der Waals surface area contributed by atoms with Crippen molar-refractivity contribution in [1.82, 2.24) is 9.55 Å². The van der Waals surface area contributed by atoms with Crippen LogP contribution in [-0.2, 0) is 6.54 Å². The molecule has 0 aliphatic rings. The van der Waals surface area contributed by atoms with Crippen molar-refractivity contribution in [2.75, 3.05) is 0 Å². The third kappa shape index (κ3) is 2.02. The van der Waals surface area contributed by atoms with Gasteiger partial charge < -0.3 is 0 Å². The van der Waals surface area contributed by atoms with Gasteiger partial charge >= 0.3 is 0 Å². The van der Waals surface area contributed by atoms with Gasteiger partial charge in [0.2, 0.25) is 0 Å². The molecule has 0 N–H and O–H groups in total. The van der Waals surface area contributed by atoms with Crippen LogP contribution in [0.2, 0.25) is 0 Å². The average Bonchev–Trinajstić information content (AvgIpc) is 2.92. The first kappa shape index (κ1) is 11.6. The molecule has 0 bridgehead atoms. The molecule has 19 heavy (non-hydrogen) atoms. The van der Waals surface area contributed by atoms with Crippen LogP contribution < -0.4 is 5.56 Å². The van der Waals surface area contributed by atoms with Gasteiger partial charge in [-0.05, 0) is 23.1 Å². The maximum absolute atomic E-state index is 12.2. The number of fused-ring (bicyclic) bond motifs is 1. The molecule has 0 atom stereocenters. The lowest BCUT2D eigenvalue weighted by Gasteiger charge is -2.06. The summed E-state index contributed by atoms with van der Waals surface area (Å²) in [5, 5.41) is 11.5. The molecule has 0 aliphatic heterocycles. The van der Waals surface area contributed by atoms with Gasteiger partial charge in [-0.15, -0.1) is 11.3 Å². The third-order valence-electron chi connectivity index (χ3n) is 2.93. The van der Waals surface area contributed by atoms with Crippen molar-refractivity contribution in [2.24, 2.45) is 0 Å². The minimum Gasteiger partial charge on any atom is -0.294 e. The number of thiophene rings is 1. The topological polar surface area (TPSA) is 58.7 Å². The zero-order valence-corrected chi connectivity index (χ0v) is 10.7. The Labute approximate surface area is 113 Å². The first-order valence-electron chi connectivity index (χ1n) is 5.70. The summed E-state index contributed by atoms with van der Waals surface area (Å²) in [4.78, 5) is 17.2. The van der Waals surface area contributed by atoms with E-state index in [1.807, 2.05) is 23.6 Å². The fourth-order valence-electron chi connectivity index (χ4n) is 1.96. The number of nitriles is 1. The summed E-state index contributed by atoms with van der Waals surface area (Å²) >= 11 is 1.45. The number of aromatic nitrogens is 2. The Morgan fingerprint density at radius 2 is 2.16 bits per heavy atom. The second-order valence-electron chi connectivity index (χ2n) is 4.09. The monoisotopic (exact) mass is 267 g/mol. The van der Waals surface area contributed by atoms with Gasteiger partial charge in [0.25, 0.3) is 5.56 Å². The minimum absolute atomic E-state index is 0.0704. The maximum atomic E-state index is 12.2. The van der Waals surface area contributed by atoms with Crippen molar-refractivity contribution in [3.8, 4) is 6.07 Å². The standard InChI is InChI=1S/C14H9N3OS/c15-7-10-3-1-2-4-11(10)8-17-9-16-13-12(14(17)18)5-6-19-13/h1-6,9H,8H2. The summed E-state index contributed by atoms with van der Waals surface area (Å²) in [6.45, 7) is 0.362. The van der Waals surface area contributed by atoms with Crippen LogP contribution in [0.4, 0.5) is 0 Å². The van der Waals surface area contributed by atoms with Crippen molar-refractivity contribution in [2.45, 2.75) is 6.54 Å². The molecule has 4 nitrogen and oxygen atoms in total. The van der Waals surface area contributed by atoms with Crippen LogP contribution in [0.25, 0.3) is 10.2 Å². The highest BCUT2D eigenvalue weighted by molar-refractivity contribution is 7.16. The van der Waals surface area contributed by atoms with Crippen LogP contribution in [0.5, 0.6) is 0 Å². The van der Waals surface area contributed by atoms with E-state index in [4.69, 9.17) is 5.26 Å². The highest BCUT2D eigenvalue weighted by Crippen LogP contribution is 2.14. The molecule has 0 saturated carbocycles. The van der Waals surface area contributed by atoms with Gasteiger partial charge in [0.05, 0.1) is 29.9 Å². The molecule has 0 amide bonds. The lowest BCUT2D eigenvalue weighted by Crippen LogP contribution is -2.20. The maximum Gasteiger partial charge on any atom is 0.262 e. The fourth-order valence-corrected chi connectivity index (χ4v) is 2.68. The third-order valence-corrected chi connectivity index (χ3v) is 3.75. The molecule has 0 aliphatic carbocycles. The van der Waals surface area contributed by atoms with Crippen molar-refractivity contribution >= 4 is 21.6 Å². The van der Waals surface area contributed by atoms with E-state index < -0.39 is 0 Å². The first-order chi connectivity index (χ1) is 9.29. The summed E-state index contributed by atoms with van der Waals surface area (Å²) in [5.41, 5.74) is 1.34. The molecule has 0 radical (unpaired) electrons. The molecule has 3 rings (SSSR count). The molecule has 92 valence electrons. The normalized spacial score (nSPS) is 10.5. The molecule has 0 spiro atoms. The van der Waals surface area contributed by atoms with E-state index in [0.29, 0.717) is 17.5 Å². The summed E-state index contributed by atoms with van der Waals surface area (Å²) < 4.78 is 1.53. The van der Waals surface area contributed by atoms with Gasteiger partial charge in [-0.1, -0.05) is 18.2 Å². The molecule has 1 aromatic carbocycles. The Hall–Kier alpha value is -2.45. The van der Waals surface area contributed by atoms with E-state index in [-0.39, 0.29) is 5.56 Å². The van der Waals surface area contributed by atoms with Crippen LogP contribution in [0, 0.1) is 11.3 Å². The van der Waals surface area contributed by atoms with Gasteiger partial charge in [0.15, 0.2) is 0 Å². The second kappa shape index (κ2) is 4.67. The summed E-state index contributed by atoms with van der Waals surface area (Å²) in [5.74, 6) is 0. The summed E-state index contributed by atoms with van der Waals surface area (Å²) in [6, 6.07) is 11.2. The quantitative estimate of drug-likeness (QED) is 0.716. The summed E-state index contributed by atoms with van der Waals surface area (Å²) in [6.07, 6.45) is 1.54. The first-order valence-corrected chi connectivity index (χ1v) is 6.58. The van der Waals surface area contributed by atoms with Crippen LogP contribution >= 0.6 is 11.3 Å². The van der Waals surface area contributed by atoms with Gasteiger partial charge in [0, 0.05) is 0 Å². The number of benzene rings is 1. The lowest BCUT2D eigenvalue weighted by atomic mass is 10.1. The lowest BCUT2D eigenvalue weighted by molar-refractivity contribution is 0.748. The SMILES string of the molecule is N#Cc1ccccc1Cn1cnc2sccc2c1=O. The smallest absolute Gasteiger partial charge is 0.262 e. The molecule has 0 saturated heterocycles. The van der Waals surface area contributed by atoms with Crippen LogP contribution in [-0.4, -0.2) is 9.55 Å². The Balaban J connectivity index is 2.09. The summed E-state index contributed by atoms with van der Waals surface area (Å²) in [7, 11) is 0. The molecular formula is C14H9N3OS. The van der Waals surface area contributed by atoms with Crippen LogP contribution in [0.3, 0.4) is 0 Å². The molecule has 3 aromatic rings. The predicted molar refractivity (Wildman–Crippen MR) is 74.1 cm³/mol. The van der Waals surface area contributed by atoms with Crippen molar-refractivity contribution in [1.29, 1.82) is 5.26 Å². The van der Waals surface area contributed by atoms with Crippen molar-refractivity contribution in [3.63, 3.8) is 0 Å². The zero-order chi connectivity index (χ0) is 13.2. The molecule has 2 aromatic heterocycles. The number of nitrogens with zero attached hydrogens (tertiary/aromatic N) is 3. The van der Waals surface area contributed by atoms with E-state index >= 15 is 0 Å². The minimum atomic E-state index is -0.0704. The van der Waals surface area contributed by atoms with Crippen molar-refractivity contribution in [3.05, 3.63) is 63.5 Å². The van der Waals surface area contributed by atoms with Gasteiger partial charge in [-0.3, -0.25) is 9.36 Å². The highest BCUT2D eigenvalue weighted by atomic mass is 32.1. The van der Waals surface area contributed by atoms with E-state index in [2.05, 4.69) is 11.1 Å². The number of hydrogen-bond acceptors (Lipinski definition) is 4. The average molecular weight is 267 g/mol. The van der Waals surface area contributed by atoms with Crippen molar-refractivity contribution < 1.29 is 0 Å². The van der Waals surface area contributed by atoms with E-state index in [0.717, 1.165) is 10.4 Å². The second-order valence-corrected chi connectivity index (χ2v) is 4.98. The fraction of sp³-hybridized carbons (Fsp3) is 0.0714. The Bertz CT molecular complexity index is 842. The molecule has 2 heterocycles. The van der Waals surface area contributed by atoms with Crippen LogP contribution in [0.15, 0.2) is 46.8 Å². The van der Waals surface area contributed by atoms with E-state index in [1.165, 1.54) is 22.2 Å². The number of hydrogen-bond donors (Lipinski definition) is 0.